The van der Waals surface area contributed by atoms with Gasteiger partial charge in [-0.1, -0.05) is 38.1 Å². The first-order valence-corrected chi connectivity index (χ1v) is 9.49. The SMILES string of the molecule is COC(=O)c1c(C)nn2c3c(cnc12)C(=O)CC(c1ccc(C(C)C)cc1)C3. The first kappa shape index (κ1) is 18.3. The number of methoxy groups -OCH3 is 1. The lowest BCUT2D eigenvalue weighted by Gasteiger charge is -2.24. The molecule has 144 valence electrons. The Kier molecular flexibility index (Phi) is 4.49. The molecule has 0 saturated carbocycles. The van der Waals surface area contributed by atoms with Crippen LogP contribution in [-0.2, 0) is 11.2 Å². The molecule has 2 aromatic heterocycles. The summed E-state index contributed by atoms with van der Waals surface area (Å²) in [5.74, 6) is 0.138. The molecular formula is C22H23N3O3. The average Bonchev–Trinajstić information content (AvgIpc) is 3.03. The van der Waals surface area contributed by atoms with Gasteiger partial charge in [-0.15, -0.1) is 0 Å². The first-order chi connectivity index (χ1) is 13.4. The van der Waals surface area contributed by atoms with E-state index in [1.54, 1.807) is 17.6 Å². The molecule has 1 unspecified atom stereocenters. The Morgan fingerprint density at radius 1 is 1.21 bits per heavy atom. The van der Waals surface area contributed by atoms with Gasteiger partial charge in [0.1, 0.15) is 5.56 Å². The van der Waals surface area contributed by atoms with Crippen LogP contribution >= 0.6 is 0 Å². The number of esters is 1. The maximum Gasteiger partial charge on any atom is 0.343 e. The summed E-state index contributed by atoms with van der Waals surface area (Å²) in [7, 11) is 1.34. The lowest BCUT2D eigenvalue weighted by molar-refractivity contribution is 0.0601. The Bertz CT molecular complexity index is 1080. The van der Waals surface area contributed by atoms with Crippen LogP contribution in [0.1, 0.15) is 75.3 Å². The summed E-state index contributed by atoms with van der Waals surface area (Å²) in [6, 6.07) is 8.50. The molecule has 0 amide bonds. The molecule has 4 rings (SSSR count). The molecule has 1 aliphatic rings. The minimum Gasteiger partial charge on any atom is -0.465 e. The number of Topliss-reactive ketones (excluding diaryl/α,β-unsaturated/α-hetero) is 1. The van der Waals surface area contributed by atoms with Crippen molar-refractivity contribution < 1.29 is 14.3 Å². The molecule has 0 spiro atoms. The predicted molar refractivity (Wildman–Crippen MR) is 105 cm³/mol. The number of nitrogens with zero attached hydrogens (tertiary/aromatic N) is 3. The molecule has 0 N–H and O–H groups in total. The predicted octanol–water partition coefficient (Wildman–Crippen LogP) is 3.86. The molecule has 1 aromatic carbocycles. The highest BCUT2D eigenvalue weighted by molar-refractivity contribution is 6.00. The zero-order valence-electron chi connectivity index (χ0n) is 16.5. The van der Waals surface area contributed by atoms with Crippen LogP contribution in [0.3, 0.4) is 0 Å². The molecular weight excluding hydrogens is 354 g/mol. The number of aryl methyl sites for hydroxylation is 1. The Hall–Kier alpha value is -3.02. The fourth-order valence-electron chi connectivity index (χ4n) is 3.94. The van der Waals surface area contributed by atoms with E-state index in [4.69, 9.17) is 4.74 Å². The zero-order valence-corrected chi connectivity index (χ0v) is 16.5. The van der Waals surface area contributed by atoms with E-state index in [0.717, 1.165) is 11.3 Å². The summed E-state index contributed by atoms with van der Waals surface area (Å²) in [4.78, 5) is 29.3. The monoisotopic (exact) mass is 377 g/mol. The number of ketones is 1. The number of hydrogen-bond acceptors (Lipinski definition) is 5. The van der Waals surface area contributed by atoms with Crippen LogP contribution in [-0.4, -0.2) is 33.5 Å². The summed E-state index contributed by atoms with van der Waals surface area (Å²) in [5, 5.41) is 4.50. The van der Waals surface area contributed by atoms with Crippen LogP contribution in [0.2, 0.25) is 0 Å². The lowest BCUT2D eigenvalue weighted by atomic mass is 9.81. The third-order valence-corrected chi connectivity index (χ3v) is 5.55. The second kappa shape index (κ2) is 6.86. The van der Waals surface area contributed by atoms with E-state index in [1.807, 2.05) is 0 Å². The Labute approximate surface area is 163 Å². The van der Waals surface area contributed by atoms with Crippen molar-refractivity contribution in [2.45, 2.75) is 45.4 Å². The van der Waals surface area contributed by atoms with Crippen molar-refractivity contribution in [3.8, 4) is 0 Å². The first-order valence-electron chi connectivity index (χ1n) is 9.49. The van der Waals surface area contributed by atoms with Gasteiger partial charge in [-0.3, -0.25) is 4.79 Å². The standard InChI is InChI=1S/C22H23N3O3/c1-12(2)14-5-7-15(8-6-14)16-9-18-17(19(26)10-16)11-23-21-20(22(27)28-4)13(3)24-25(18)21/h5-8,11-12,16H,9-10H2,1-4H3. The van der Waals surface area contributed by atoms with Gasteiger partial charge < -0.3 is 4.74 Å². The summed E-state index contributed by atoms with van der Waals surface area (Å²) in [6.45, 7) is 6.08. The number of ether oxygens (including phenoxy) is 1. The maximum absolute atomic E-state index is 12.8. The average molecular weight is 377 g/mol. The fourth-order valence-corrected chi connectivity index (χ4v) is 3.94. The van der Waals surface area contributed by atoms with Crippen molar-refractivity contribution in [3.63, 3.8) is 0 Å². The van der Waals surface area contributed by atoms with Gasteiger partial charge in [0.2, 0.25) is 0 Å². The third kappa shape index (κ3) is 2.89. The van der Waals surface area contributed by atoms with Crippen molar-refractivity contribution in [2.24, 2.45) is 0 Å². The van der Waals surface area contributed by atoms with E-state index in [9.17, 15) is 9.59 Å². The Morgan fingerprint density at radius 3 is 2.57 bits per heavy atom. The lowest BCUT2D eigenvalue weighted by Crippen LogP contribution is -2.22. The van der Waals surface area contributed by atoms with Crippen LogP contribution in [0, 0.1) is 6.92 Å². The van der Waals surface area contributed by atoms with Crippen LogP contribution in [0.5, 0.6) is 0 Å². The van der Waals surface area contributed by atoms with Gasteiger partial charge in [0.25, 0.3) is 0 Å². The summed E-state index contributed by atoms with van der Waals surface area (Å²) in [5.41, 5.74) is 5.14. The van der Waals surface area contributed by atoms with Crippen LogP contribution in [0.4, 0.5) is 0 Å². The van der Waals surface area contributed by atoms with E-state index in [2.05, 4.69) is 48.2 Å². The van der Waals surface area contributed by atoms with Gasteiger partial charge in [0, 0.05) is 12.6 Å². The van der Waals surface area contributed by atoms with Gasteiger partial charge in [0.05, 0.1) is 24.1 Å². The second-order valence-electron chi connectivity index (χ2n) is 7.66. The number of hydrogen-bond donors (Lipinski definition) is 0. The number of benzene rings is 1. The Morgan fingerprint density at radius 2 is 1.93 bits per heavy atom. The third-order valence-electron chi connectivity index (χ3n) is 5.55. The largest absolute Gasteiger partial charge is 0.465 e. The maximum atomic E-state index is 12.8. The van der Waals surface area contributed by atoms with E-state index in [-0.39, 0.29) is 11.7 Å². The molecule has 0 saturated heterocycles. The van der Waals surface area contributed by atoms with Crippen molar-refractivity contribution in [3.05, 3.63) is 64.1 Å². The fraction of sp³-hybridized carbons (Fsp3) is 0.364. The topological polar surface area (TPSA) is 73.6 Å². The molecule has 28 heavy (non-hydrogen) atoms. The molecule has 0 radical (unpaired) electrons. The van der Waals surface area contributed by atoms with Crippen LogP contribution in [0.25, 0.3) is 5.65 Å². The van der Waals surface area contributed by atoms with E-state index in [0.29, 0.717) is 41.2 Å². The number of carbonyl (C=O) groups is 2. The molecule has 0 aliphatic heterocycles. The quantitative estimate of drug-likeness (QED) is 0.648. The molecule has 0 fully saturated rings. The summed E-state index contributed by atoms with van der Waals surface area (Å²) >= 11 is 0. The van der Waals surface area contributed by atoms with Crippen LogP contribution < -0.4 is 0 Å². The van der Waals surface area contributed by atoms with Gasteiger partial charge >= 0.3 is 5.97 Å². The molecule has 6 nitrogen and oxygen atoms in total. The van der Waals surface area contributed by atoms with Crippen molar-refractivity contribution >= 4 is 17.4 Å². The van der Waals surface area contributed by atoms with Crippen molar-refractivity contribution in [1.82, 2.24) is 14.6 Å². The van der Waals surface area contributed by atoms with Crippen molar-refractivity contribution in [2.75, 3.05) is 7.11 Å². The van der Waals surface area contributed by atoms with E-state index < -0.39 is 5.97 Å². The molecule has 3 aromatic rings. The smallest absolute Gasteiger partial charge is 0.343 e. The highest BCUT2D eigenvalue weighted by Crippen LogP contribution is 2.34. The molecule has 6 heteroatoms. The number of fused-ring (bicyclic) bond motifs is 3. The molecule has 0 bridgehead atoms. The van der Waals surface area contributed by atoms with Gasteiger partial charge in [0.15, 0.2) is 11.4 Å². The summed E-state index contributed by atoms with van der Waals surface area (Å²) in [6.07, 6.45) is 2.69. The van der Waals surface area contributed by atoms with Crippen molar-refractivity contribution in [1.29, 1.82) is 0 Å². The Balaban J connectivity index is 1.78. The molecule has 2 heterocycles. The molecule has 1 atom stereocenters. The minimum atomic E-state index is -0.470. The van der Waals surface area contributed by atoms with Crippen LogP contribution in [0.15, 0.2) is 30.5 Å². The number of rotatable bonds is 3. The minimum absolute atomic E-state index is 0.0568. The number of carbonyl (C=O) groups excluding carboxylic acids is 2. The van der Waals surface area contributed by atoms with Gasteiger partial charge in [-0.05, 0) is 36.3 Å². The number of aromatic nitrogens is 3. The van der Waals surface area contributed by atoms with Gasteiger partial charge in [-0.2, -0.15) is 5.10 Å². The van der Waals surface area contributed by atoms with E-state index >= 15 is 0 Å². The normalized spacial score (nSPS) is 16.5. The highest BCUT2D eigenvalue weighted by atomic mass is 16.5. The van der Waals surface area contributed by atoms with E-state index in [1.165, 1.54) is 12.7 Å². The van der Waals surface area contributed by atoms with Gasteiger partial charge in [-0.25, -0.2) is 14.3 Å². The molecule has 1 aliphatic carbocycles. The highest BCUT2D eigenvalue weighted by Gasteiger charge is 2.31. The summed E-state index contributed by atoms with van der Waals surface area (Å²) < 4.78 is 6.51. The second-order valence-corrected chi connectivity index (χ2v) is 7.66. The zero-order chi connectivity index (χ0) is 20.0.